The van der Waals surface area contributed by atoms with Crippen molar-refractivity contribution in [1.82, 2.24) is 0 Å². The molecule has 1 N–H and O–H groups in total. The van der Waals surface area contributed by atoms with Crippen LogP contribution in [0.1, 0.15) is 5.56 Å². The van der Waals surface area contributed by atoms with Crippen LogP contribution in [0.2, 0.25) is 0 Å². The van der Waals surface area contributed by atoms with Crippen LogP contribution >= 0.6 is 0 Å². The van der Waals surface area contributed by atoms with E-state index in [4.69, 9.17) is 9.84 Å². The smallest absolute Gasteiger partial charge is 0.333 e. The van der Waals surface area contributed by atoms with Gasteiger partial charge in [-0.1, -0.05) is 36.9 Å². The van der Waals surface area contributed by atoms with Crippen molar-refractivity contribution in [3.8, 4) is 0 Å². The second-order valence-corrected chi connectivity index (χ2v) is 3.24. The molecule has 1 atom stereocenters. The molecule has 0 amide bonds. The fourth-order valence-corrected chi connectivity index (χ4v) is 1.31. The molecular weight excluding hydrogens is 192 g/mol. The highest BCUT2D eigenvalue weighted by Crippen LogP contribution is 2.11. The molecule has 1 rings (SSSR count). The lowest BCUT2D eigenvalue weighted by Gasteiger charge is -2.14. The number of rotatable bonds is 5. The Morgan fingerprint density at radius 3 is 2.53 bits per heavy atom. The lowest BCUT2D eigenvalue weighted by molar-refractivity contribution is -0.134. The molecule has 0 saturated heterocycles. The van der Waals surface area contributed by atoms with Gasteiger partial charge in [-0.2, -0.15) is 0 Å². The van der Waals surface area contributed by atoms with Gasteiger partial charge < -0.3 is 9.84 Å². The Bertz CT molecular complexity index is 343. The third-order valence-electron chi connectivity index (χ3n) is 2.21. The van der Waals surface area contributed by atoms with E-state index in [2.05, 4.69) is 6.58 Å². The van der Waals surface area contributed by atoms with Gasteiger partial charge in [0.1, 0.15) is 0 Å². The molecule has 3 nitrogen and oxygen atoms in total. The van der Waals surface area contributed by atoms with Crippen LogP contribution in [0.15, 0.2) is 42.5 Å². The quantitative estimate of drug-likeness (QED) is 0.748. The highest BCUT2D eigenvalue weighted by atomic mass is 16.5. The van der Waals surface area contributed by atoms with Crippen molar-refractivity contribution in [2.45, 2.75) is 12.5 Å². The molecule has 0 aromatic heterocycles. The average molecular weight is 206 g/mol. The number of ether oxygens (including phenoxy) is 1. The highest BCUT2D eigenvalue weighted by molar-refractivity contribution is 5.87. The topological polar surface area (TPSA) is 46.5 Å². The predicted molar refractivity (Wildman–Crippen MR) is 57.7 cm³/mol. The summed E-state index contributed by atoms with van der Waals surface area (Å²) in [4.78, 5) is 10.7. The number of hydrogen-bond donors (Lipinski definition) is 1. The van der Waals surface area contributed by atoms with Crippen molar-refractivity contribution < 1.29 is 14.6 Å². The van der Waals surface area contributed by atoms with Gasteiger partial charge in [-0.15, -0.1) is 0 Å². The largest absolute Gasteiger partial charge is 0.478 e. The zero-order chi connectivity index (χ0) is 11.3. The van der Waals surface area contributed by atoms with Gasteiger partial charge in [0.15, 0.2) is 0 Å². The number of carboxylic acids is 1. The predicted octanol–water partition coefficient (Wildman–Crippen LogP) is 1.88. The van der Waals surface area contributed by atoms with E-state index < -0.39 is 12.1 Å². The third-order valence-corrected chi connectivity index (χ3v) is 2.21. The fourth-order valence-electron chi connectivity index (χ4n) is 1.31. The summed E-state index contributed by atoms with van der Waals surface area (Å²) < 4.78 is 5.10. The number of hydrogen-bond acceptors (Lipinski definition) is 2. The molecule has 0 aliphatic carbocycles. The Morgan fingerprint density at radius 2 is 2.07 bits per heavy atom. The van der Waals surface area contributed by atoms with Crippen LogP contribution in [-0.4, -0.2) is 24.3 Å². The summed E-state index contributed by atoms with van der Waals surface area (Å²) in [5.74, 6) is -1.02. The molecule has 80 valence electrons. The van der Waals surface area contributed by atoms with E-state index in [0.29, 0.717) is 6.42 Å². The summed E-state index contributed by atoms with van der Waals surface area (Å²) in [5, 5.41) is 8.78. The first kappa shape index (κ1) is 11.5. The van der Waals surface area contributed by atoms with Crippen molar-refractivity contribution in [2.75, 3.05) is 7.11 Å². The molecule has 0 fully saturated rings. The van der Waals surface area contributed by atoms with Crippen LogP contribution in [0.4, 0.5) is 0 Å². The van der Waals surface area contributed by atoms with Crippen LogP contribution < -0.4 is 0 Å². The summed E-state index contributed by atoms with van der Waals surface area (Å²) in [6, 6.07) is 9.59. The van der Waals surface area contributed by atoms with E-state index in [0.717, 1.165) is 5.56 Å². The van der Waals surface area contributed by atoms with Crippen molar-refractivity contribution in [2.24, 2.45) is 0 Å². The van der Waals surface area contributed by atoms with E-state index in [1.807, 2.05) is 30.3 Å². The number of carboxylic acid groups (broad SMARTS) is 1. The Kier molecular flexibility index (Phi) is 4.06. The molecule has 0 aliphatic rings. The standard InChI is InChI=1S/C12H14O3/c1-9(12(13)14)11(15-2)8-10-6-4-3-5-7-10/h3-7,11H,1,8H2,2H3,(H,13,14). The second-order valence-electron chi connectivity index (χ2n) is 3.24. The summed E-state index contributed by atoms with van der Waals surface area (Å²) in [5.41, 5.74) is 1.12. The minimum atomic E-state index is -1.02. The molecule has 1 aromatic carbocycles. The molecule has 0 bridgehead atoms. The fraction of sp³-hybridized carbons (Fsp3) is 0.250. The molecule has 15 heavy (non-hydrogen) atoms. The maximum atomic E-state index is 10.7. The van der Waals surface area contributed by atoms with E-state index in [-0.39, 0.29) is 5.57 Å². The molecule has 1 aromatic rings. The molecule has 0 saturated carbocycles. The Hall–Kier alpha value is -1.61. The third kappa shape index (κ3) is 3.22. The van der Waals surface area contributed by atoms with E-state index >= 15 is 0 Å². The van der Waals surface area contributed by atoms with Gasteiger partial charge in [-0.05, 0) is 5.56 Å². The van der Waals surface area contributed by atoms with Crippen molar-refractivity contribution in [3.05, 3.63) is 48.0 Å². The van der Waals surface area contributed by atoms with E-state index in [1.54, 1.807) is 0 Å². The number of aliphatic carboxylic acids is 1. The van der Waals surface area contributed by atoms with Gasteiger partial charge >= 0.3 is 5.97 Å². The minimum absolute atomic E-state index is 0.0846. The summed E-state index contributed by atoms with van der Waals surface area (Å²) in [7, 11) is 1.49. The number of benzene rings is 1. The molecule has 0 aliphatic heterocycles. The van der Waals surface area contributed by atoms with Gasteiger partial charge in [0.2, 0.25) is 0 Å². The zero-order valence-corrected chi connectivity index (χ0v) is 8.64. The molecular formula is C12H14O3. The molecule has 3 heteroatoms. The summed E-state index contributed by atoms with van der Waals surface area (Å²) in [6.07, 6.45) is 0.0625. The first-order valence-electron chi connectivity index (χ1n) is 4.64. The van der Waals surface area contributed by atoms with E-state index in [1.165, 1.54) is 7.11 Å². The van der Waals surface area contributed by atoms with Gasteiger partial charge in [0.25, 0.3) is 0 Å². The molecule has 0 heterocycles. The number of methoxy groups -OCH3 is 1. The van der Waals surface area contributed by atoms with Crippen molar-refractivity contribution >= 4 is 5.97 Å². The summed E-state index contributed by atoms with van der Waals surface area (Å²) in [6.45, 7) is 3.50. The Labute approximate surface area is 89.0 Å². The van der Waals surface area contributed by atoms with E-state index in [9.17, 15) is 4.79 Å². The van der Waals surface area contributed by atoms with Crippen LogP contribution in [0, 0.1) is 0 Å². The van der Waals surface area contributed by atoms with Crippen LogP contribution in [0.5, 0.6) is 0 Å². The minimum Gasteiger partial charge on any atom is -0.478 e. The maximum absolute atomic E-state index is 10.7. The second kappa shape index (κ2) is 5.32. The van der Waals surface area contributed by atoms with Crippen molar-refractivity contribution in [3.63, 3.8) is 0 Å². The zero-order valence-electron chi connectivity index (χ0n) is 8.64. The van der Waals surface area contributed by atoms with Crippen molar-refractivity contribution in [1.29, 1.82) is 0 Å². The first-order chi connectivity index (χ1) is 7.15. The Morgan fingerprint density at radius 1 is 1.47 bits per heavy atom. The average Bonchev–Trinajstić information content (AvgIpc) is 2.26. The van der Waals surface area contributed by atoms with Crippen LogP contribution in [0.25, 0.3) is 0 Å². The SMILES string of the molecule is C=C(C(=O)O)C(Cc1ccccc1)OC. The van der Waals surface area contributed by atoms with Gasteiger partial charge in [0.05, 0.1) is 11.7 Å². The van der Waals surface area contributed by atoms with Gasteiger partial charge in [0, 0.05) is 13.5 Å². The van der Waals surface area contributed by atoms with Crippen LogP contribution in [-0.2, 0) is 16.0 Å². The first-order valence-corrected chi connectivity index (χ1v) is 4.64. The Balaban J connectivity index is 2.70. The number of carbonyl (C=O) groups is 1. The highest BCUT2D eigenvalue weighted by Gasteiger charge is 2.17. The van der Waals surface area contributed by atoms with Gasteiger partial charge in [-0.3, -0.25) is 0 Å². The lowest BCUT2D eigenvalue weighted by atomic mass is 10.0. The van der Waals surface area contributed by atoms with Gasteiger partial charge in [-0.25, -0.2) is 4.79 Å². The normalized spacial score (nSPS) is 12.1. The molecule has 0 spiro atoms. The summed E-state index contributed by atoms with van der Waals surface area (Å²) >= 11 is 0. The lowest BCUT2D eigenvalue weighted by Crippen LogP contribution is -2.21. The molecule has 0 radical (unpaired) electrons. The van der Waals surface area contributed by atoms with Crippen LogP contribution in [0.3, 0.4) is 0 Å². The molecule has 1 unspecified atom stereocenters. The monoisotopic (exact) mass is 206 g/mol. The maximum Gasteiger partial charge on any atom is 0.333 e.